The molecule has 3 aromatic rings. The highest BCUT2D eigenvalue weighted by atomic mass is 19.1. The van der Waals surface area contributed by atoms with E-state index in [2.05, 4.69) is 15.3 Å². The zero-order valence-electron chi connectivity index (χ0n) is 10.3. The second-order valence-corrected chi connectivity index (χ2v) is 4.18. The van der Waals surface area contributed by atoms with Crippen molar-refractivity contribution in [2.75, 3.05) is 7.05 Å². The predicted octanol–water partition coefficient (Wildman–Crippen LogP) is 2.67. The van der Waals surface area contributed by atoms with Gasteiger partial charge >= 0.3 is 0 Å². The molecule has 19 heavy (non-hydrogen) atoms. The number of benzene rings is 1. The minimum absolute atomic E-state index is 0.204. The van der Waals surface area contributed by atoms with E-state index in [0.29, 0.717) is 11.3 Å². The number of furan rings is 1. The molecule has 0 spiro atoms. The molecule has 0 aliphatic heterocycles. The van der Waals surface area contributed by atoms with Gasteiger partial charge in [-0.2, -0.15) is 0 Å². The minimum Gasteiger partial charge on any atom is -0.459 e. The van der Waals surface area contributed by atoms with Crippen LogP contribution in [0.1, 0.15) is 17.5 Å². The fourth-order valence-corrected chi connectivity index (χ4v) is 2.07. The van der Waals surface area contributed by atoms with Crippen molar-refractivity contribution >= 4 is 11.0 Å². The Morgan fingerprint density at radius 3 is 2.89 bits per heavy atom. The Balaban J connectivity index is 2.07. The molecule has 1 N–H and O–H groups in total. The lowest BCUT2D eigenvalue weighted by molar-refractivity contribution is 0.485. The van der Waals surface area contributed by atoms with Gasteiger partial charge in [0.2, 0.25) is 0 Å². The fourth-order valence-electron chi connectivity index (χ4n) is 2.07. The van der Waals surface area contributed by atoms with E-state index in [0.717, 1.165) is 11.1 Å². The summed E-state index contributed by atoms with van der Waals surface area (Å²) >= 11 is 0. The van der Waals surface area contributed by atoms with Crippen molar-refractivity contribution in [2.24, 2.45) is 0 Å². The van der Waals surface area contributed by atoms with Crippen LogP contribution >= 0.6 is 0 Å². The van der Waals surface area contributed by atoms with Crippen LogP contribution in [-0.4, -0.2) is 17.0 Å². The van der Waals surface area contributed by atoms with Crippen LogP contribution in [0.25, 0.3) is 11.0 Å². The van der Waals surface area contributed by atoms with E-state index in [9.17, 15) is 4.39 Å². The highest BCUT2D eigenvalue weighted by Gasteiger charge is 2.18. The summed E-state index contributed by atoms with van der Waals surface area (Å²) in [6, 6.07) is 6.06. The molecule has 0 bridgehead atoms. The van der Waals surface area contributed by atoms with E-state index in [1.807, 2.05) is 13.1 Å². The molecule has 0 aliphatic rings. The maximum absolute atomic E-state index is 13.2. The third-order valence-corrected chi connectivity index (χ3v) is 2.95. The van der Waals surface area contributed by atoms with Crippen LogP contribution in [0, 0.1) is 5.82 Å². The average Bonchev–Trinajstić information content (AvgIpc) is 2.83. The average molecular weight is 257 g/mol. The number of fused-ring (bicyclic) bond motifs is 1. The van der Waals surface area contributed by atoms with Gasteiger partial charge in [-0.1, -0.05) is 0 Å². The van der Waals surface area contributed by atoms with Crippen LogP contribution in [0.5, 0.6) is 0 Å². The standard InChI is InChI=1S/C14H12FN3O/c1-16-14(11-8-17-4-5-18-11)13-7-9-6-10(15)2-3-12(9)19-13/h2-8,14,16H,1H3. The molecule has 3 rings (SSSR count). The van der Waals surface area contributed by atoms with Gasteiger partial charge in [0.1, 0.15) is 23.2 Å². The zero-order chi connectivity index (χ0) is 13.2. The zero-order valence-corrected chi connectivity index (χ0v) is 10.3. The molecule has 0 radical (unpaired) electrons. The number of halogens is 1. The largest absolute Gasteiger partial charge is 0.459 e. The number of aromatic nitrogens is 2. The number of hydrogen-bond donors (Lipinski definition) is 1. The molecule has 96 valence electrons. The van der Waals surface area contributed by atoms with Gasteiger partial charge in [-0.3, -0.25) is 9.97 Å². The summed E-state index contributed by atoms with van der Waals surface area (Å²) in [5.74, 6) is 0.406. The lowest BCUT2D eigenvalue weighted by Gasteiger charge is -2.11. The molecule has 0 saturated heterocycles. The van der Waals surface area contributed by atoms with Crippen LogP contribution in [0.3, 0.4) is 0 Å². The highest BCUT2D eigenvalue weighted by molar-refractivity contribution is 5.78. The maximum atomic E-state index is 13.2. The first kappa shape index (κ1) is 11.8. The van der Waals surface area contributed by atoms with Crippen LogP contribution in [0.2, 0.25) is 0 Å². The summed E-state index contributed by atoms with van der Waals surface area (Å²) < 4.78 is 18.9. The van der Waals surface area contributed by atoms with Gasteiger partial charge in [0.15, 0.2) is 0 Å². The molecule has 1 atom stereocenters. The molecule has 0 amide bonds. The van der Waals surface area contributed by atoms with Crippen molar-refractivity contribution in [1.29, 1.82) is 0 Å². The van der Waals surface area contributed by atoms with E-state index in [-0.39, 0.29) is 11.9 Å². The first-order chi connectivity index (χ1) is 9.28. The molecular formula is C14H12FN3O. The summed E-state index contributed by atoms with van der Waals surface area (Å²) in [7, 11) is 1.81. The number of nitrogens with zero attached hydrogens (tertiary/aromatic N) is 2. The lowest BCUT2D eigenvalue weighted by atomic mass is 10.1. The first-order valence-corrected chi connectivity index (χ1v) is 5.90. The Morgan fingerprint density at radius 1 is 1.26 bits per heavy atom. The van der Waals surface area contributed by atoms with Crippen molar-refractivity contribution in [3.63, 3.8) is 0 Å². The molecular weight excluding hydrogens is 245 g/mol. The maximum Gasteiger partial charge on any atom is 0.134 e. The summed E-state index contributed by atoms with van der Waals surface area (Å²) in [4.78, 5) is 8.30. The van der Waals surface area contributed by atoms with Crippen molar-refractivity contribution in [3.8, 4) is 0 Å². The fraction of sp³-hybridized carbons (Fsp3) is 0.143. The van der Waals surface area contributed by atoms with Gasteiger partial charge < -0.3 is 9.73 Å². The predicted molar refractivity (Wildman–Crippen MR) is 69.1 cm³/mol. The highest BCUT2D eigenvalue weighted by Crippen LogP contribution is 2.27. The van der Waals surface area contributed by atoms with Crippen LogP contribution in [-0.2, 0) is 0 Å². The summed E-state index contributed by atoms with van der Waals surface area (Å²) in [5, 5.41) is 3.86. The minimum atomic E-state index is -0.277. The number of hydrogen-bond acceptors (Lipinski definition) is 4. The molecule has 2 heterocycles. The SMILES string of the molecule is CNC(c1cnccn1)c1cc2cc(F)ccc2o1. The Kier molecular flexibility index (Phi) is 2.97. The van der Waals surface area contributed by atoms with Crippen molar-refractivity contribution in [3.05, 3.63) is 60.1 Å². The monoisotopic (exact) mass is 257 g/mol. The molecule has 5 heteroatoms. The van der Waals surface area contributed by atoms with E-state index in [4.69, 9.17) is 4.42 Å². The van der Waals surface area contributed by atoms with Crippen LogP contribution in [0.4, 0.5) is 4.39 Å². The Bertz CT molecular complexity index is 696. The van der Waals surface area contributed by atoms with Gasteiger partial charge in [-0.25, -0.2) is 4.39 Å². The van der Waals surface area contributed by atoms with Crippen molar-refractivity contribution in [2.45, 2.75) is 6.04 Å². The van der Waals surface area contributed by atoms with Crippen LogP contribution in [0.15, 0.2) is 47.3 Å². The van der Waals surface area contributed by atoms with E-state index >= 15 is 0 Å². The van der Waals surface area contributed by atoms with Gasteiger partial charge in [-0.05, 0) is 31.3 Å². The topological polar surface area (TPSA) is 51.0 Å². The number of rotatable bonds is 3. The normalized spacial score (nSPS) is 12.7. The van der Waals surface area contributed by atoms with Gasteiger partial charge in [0, 0.05) is 17.8 Å². The quantitative estimate of drug-likeness (QED) is 0.783. The van der Waals surface area contributed by atoms with Crippen LogP contribution < -0.4 is 5.32 Å². The van der Waals surface area contributed by atoms with Crippen molar-refractivity contribution in [1.82, 2.24) is 15.3 Å². The molecule has 4 nitrogen and oxygen atoms in total. The third kappa shape index (κ3) is 2.20. The molecule has 1 aromatic carbocycles. The Labute approximate surface area is 109 Å². The molecule has 0 aliphatic carbocycles. The summed E-state index contributed by atoms with van der Waals surface area (Å²) in [6.45, 7) is 0. The van der Waals surface area contributed by atoms with E-state index < -0.39 is 0 Å². The second kappa shape index (κ2) is 4.78. The first-order valence-electron chi connectivity index (χ1n) is 5.90. The van der Waals surface area contributed by atoms with E-state index in [1.165, 1.54) is 12.1 Å². The molecule has 1 unspecified atom stereocenters. The van der Waals surface area contributed by atoms with Gasteiger partial charge in [0.05, 0.1) is 11.9 Å². The molecule has 0 saturated carbocycles. The number of nitrogens with one attached hydrogen (secondary N) is 1. The Hall–Kier alpha value is -2.27. The van der Waals surface area contributed by atoms with E-state index in [1.54, 1.807) is 24.7 Å². The lowest BCUT2D eigenvalue weighted by Crippen LogP contribution is -2.18. The molecule has 0 fully saturated rings. The summed E-state index contributed by atoms with van der Waals surface area (Å²) in [6.07, 6.45) is 4.92. The molecule has 2 aromatic heterocycles. The van der Waals surface area contributed by atoms with Crippen molar-refractivity contribution < 1.29 is 8.81 Å². The van der Waals surface area contributed by atoms with Gasteiger partial charge in [0.25, 0.3) is 0 Å². The second-order valence-electron chi connectivity index (χ2n) is 4.18. The Morgan fingerprint density at radius 2 is 2.16 bits per heavy atom. The summed E-state index contributed by atoms with van der Waals surface area (Å²) in [5.41, 5.74) is 1.41. The smallest absolute Gasteiger partial charge is 0.134 e. The third-order valence-electron chi connectivity index (χ3n) is 2.95. The van der Waals surface area contributed by atoms with Gasteiger partial charge in [-0.15, -0.1) is 0 Å².